The zero-order valence-corrected chi connectivity index (χ0v) is 22.5. The van der Waals surface area contributed by atoms with Crippen LogP contribution in [0.2, 0.25) is 0 Å². The minimum Gasteiger partial charge on any atom is -0.748 e. The Bertz CT molecular complexity index is 429. The topological polar surface area (TPSA) is 77.4 Å². The van der Waals surface area contributed by atoms with Gasteiger partial charge in [-0.15, -0.1) is 0 Å². The number of hydrogen-bond acceptors (Lipinski definition) is 4. The standard InChI is InChI=1S/C23H48O4S.Na/c1-3-4-5-6-7-8-9-10-11-12-13-14-15-16-17-18-19-20-21-23(24)22(2)28(25,26)27;/h22-24H,3-21H2,1-2H3,(H,25,26,27);/q;+1/p-1. The van der Waals surface area contributed by atoms with Crippen LogP contribution in [-0.4, -0.2) is 29.4 Å². The average molecular weight is 443 g/mol. The Morgan fingerprint density at radius 1 is 0.655 bits per heavy atom. The second-order valence-electron chi connectivity index (χ2n) is 8.56. The van der Waals surface area contributed by atoms with Crippen LogP contribution >= 0.6 is 0 Å². The first-order valence-corrected chi connectivity index (χ1v) is 13.5. The van der Waals surface area contributed by atoms with Crippen molar-refractivity contribution in [2.24, 2.45) is 0 Å². The summed E-state index contributed by atoms with van der Waals surface area (Å²) in [6.45, 7) is 3.56. The summed E-state index contributed by atoms with van der Waals surface area (Å²) in [5, 5.41) is 8.51. The number of aliphatic hydroxyl groups excluding tert-OH is 1. The SMILES string of the molecule is CCCCCCCCCCCCCCCCCCCCC(O)C(C)S(=O)(=O)[O-].[Na+]. The van der Waals surface area contributed by atoms with E-state index in [0.29, 0.717) is 6.42 Å². The molecule has 6 heteroatoms. The van der Waals surface area contributed by atoms with Crippen LogP contribution in [0.5, 0.6) is 0 Å². The summed E-state index contributed by atoms with van der Waals surface area (Å²) in [6, 6.07) is 0. The first-order chi connectivity index (χ1) is 13.4. The van der Waals surface area contributed by atoms with Gasteiger partial charge in [0.2, 0.25) is 0 Å². The van der Waals surface area contributed by atoms with Crippen LogP contribution in [0.1, 0.15) is 136 Å². The van der Waals surface area contributed by atoms with E-state index in [1.54, 1.807) is 0 Å². The summed E-state index contributed by atoms with van der Waals surface area (Å²) in [7, 11) is -4.38. The molecule has 0 heterocycles. The predicted molar refractivity (Wildman–Crippen MR) is 119 cm³/mol. The van der Waals surface area contributed by atoms with Crippen LogP contribution in [0.25, 0.3) is 0 Å². The zero-order valence-electron chi connectivity index (χ0n) is 19.7. The van der Waals surface area contributed by atoms with Gasteiger partial charge in [-0.1, -0.05) is 122 Å². The Labute approximate surface area is 204 Å². The summed E-state index contributed by atoms with van der Waals surface area (Å²) in [6.07, 6.45) is 22.8. The summed E-state index contributed by atoms with van der Waals surface area (Å²) in [5.41, 5.74) is 0. The molecule has 0 saturated heterocycles. The number of aliphatic hydroxyl groups is 1. The van der Waals surface area contributed by atoms with Gasteiger partial charge in [-0.05, 0) is 13.3 Å². The number of unbranched alkanes of at least 4 members (excludes halogenated alkanes) is 17. The van der Waals surface area contributed by atoms with Crippen molar-refractivity contribution < 1.29 is 47.6 Å². The molecule has 170 valence electrons. The summed E-state index contributed by atoms with van der Waals surface area (Å²) < 4.78 is 32.5. The second-order valence-corrected chi connectivity index (χ2v) is 10.3. The molecule has 0 aliphatic heterocycles. The monoisotopic (exact) mass is 442 g/mol. The van der Waals surface area contributed by atoms with E-state index in [2.05, 4.69) is 6.92 Å². The molecule has 2 unspecified atom stereocenters. The van der Waals surface area contributed by atoms with Gasteiger partial charge in [-0.25, -0.2) is 8.42 Å². The Morgan fingerprint density at radius 3 is 1.21 bits per heavy atom. The molecule has 0 radical (unpaired) electrons. The van der Waals surface area contributed by atoms with E-state index >= 15 is 0 Å². The number of rotatable bonds is 21. The van der Waals surface area contributed by atoms with Gasteiger partial charge in [-0.3, -0.25) is 0 Å². The number of hydrogen-bond donors (Lipinski definition) is 1. The van der Waals surface area contributed by atoms with Crippen LogP contribution in [0.3, 0.4) is 0 Å². The van der Waals surface area contributed by atoms with E-state index < -0.39 is 21.5 Å². The molecule has 0 aromatic heterocycles. The maximum Gasteiger partial charge on any atom is 1.00 e. The summed E-state index contributed by atoms with van der Waals surface area (Å²) >= 11 is 0. The van der Waals surface area contributed by atoms with Crippen molar-refractivity contribution in [2.45, 2.75) is 147 Å². The predicted octanol–water partition coefficient (Wildman–Crippen LogP) is 3.72. The minimum absolute atomic E-state index is 0. The van der Waals surface area contributed by atoms with Crippen molar-refractivity contribution in [1.82, 2.24) is 0 Å². The first-order valence-electron chi connectivity index (χ1n) is 12.0. The van der Waals surface area contributed by atoms with Crippen LogP contribution < -0.4 is 29.6 Å². The molecular formula is C23H47NaO4S. The molecule has 2 atom stereocenters. The molecule has 0 bridgehead atoms. The van der Waals surface area contributed by atoms with Gasteiger partial charge < -0.3 is 9.66 Å². The first kappa shape index (κ1) is 32.1. The van der Waals surface area contributed by atoms with Gasteiger partial charge in [0.25, 0.3) is 0 Å². The van der Waals surface area contributed by atoms with Crippen molar-refractivity contribution in [1.29, 1.82) is 0 Å². The third-order valence-electron chi connectivity index (χ3n) is 5.85. The molecular weight excluding hydrogens is 395 g/mol. The molecule has 0 aromatic carbocycles. The molecule has 0 saturated carbocycles. The minimum atomic E-state index is -4.38. The third kappa shape index (κ3) is 21.9. The van der Waals surface area contributed by atoms with E-state index in [4.69, 9.17) is 0 Å². The van der Waals surface area contributed by atoms with Crippen LogP contribution in [-0.2, 0) is 10.1 Å². The Kier molecular flexibility index (Phi) is 24.4. The fourth-order valence-corrected chi connectivity index (χ4v) is 4.20. The maximum absolute atomic E-state index is 10.8. The molecule has 0 amide bonds. The molecule has 0 aliphatic carbocycles. The summed E-state index contributed by atoms with van der Waals surface area (Å²) in [4.78, 5) is 0. The molecule has 0 aromatic rings. The normalized spacial score (nSPS) is 13.8. The van der Waals surface area contributed by atoms with Crippen molar-refractivity contribution >= 4 is 10.1 Å². The van der Waals surface area contributed by atoms with Gasteiger partial charge >= 0.3 is 29.6 Å². The van der Waals surface area contributed by atoms with E-state index in [1.807, 2.05) is 0 Å². The van der Waals surface area contributed by atoms with Gasteiger partial charge in [0.1, 0.15) is 0 Å². The van der Waals surface area contributed by atoms with E-state index in [1.165, 1.54) is 103 Å². The van der Waals surface area contributed by atoms with Crippen LogP contribution in [0.4, 0.5) is 0 Å². The van der Waals surface area contributed by atoms with Crippen LogP contribution in [0, 0.1) is 0 Å². The third-order valence-corrected chi connectivity index (χ3v) is 7.08. The molecule has 4 nitrogen and oxygen atoms in total. The van der Waals surface area contributed by atoms with Crippen LogP contribution in [0.15, 0.2) is 0 Å². The molecule has 0 spiro atoms. The van der Waals surface area contributed by atoms with Crippen molar-refractivity contribution in [2.75, 3.05) is 0 Å². The van der Waals surface area contributed by atoms with E-state index in [-0.39, 0.29) is 29.6 Å². The molecule has 1 N–H and O–H groups in total. The van der Waals surface area contributed by atoms with E-state index in [9.17, 15) is 18.1 Å². The quantitative estimate of drug-likeness (QED) is 0.167. The maximum atomic E-state index is 10.8. The molecule has 0 rings (SSSR count). The molecule has 0 fully saturated rings. The molecule has 0 aliphatic rings. The Morgan fingerprint density at radius 2 is 0.931 bits per heavy atom. The Balaban J connectivity index is 0. The average Bonchev–Trinajstić information content (AvgIpc) is 2.65. The smallest absolute Gasteiger partial charge is 0.748 e. The van der Waals surface area contributed by atoms with Gasteiger partial charge in [0.05, 0.1) is 21.5 Å². The van der Waals surface area contributed by atoms with E-state index in [0.717, 1.165) is 19.3 Å². The zero-order chi connectivity index (χ0) is 21.1. The second kappa shape index (κ2) is 22.1. The fraction of sp³-hybridized carbons (Fsp3) is 1.00. The Hall–Kier alpha value is 0.870. The summed E-state index contributed by atoms with van der Waals surface area (Å²) in [5.74, 6) is 0. The van der Waals surface area contributed by atoms with Gasteiger partial charge in [0, 0.05) is 0 Å². The van der Waals surface area contributed by atoms with Gasteiger partial charge in [-0.2, -0.15) is 0 Å². The largest absolute Gasteiger partial charge is 1.00 e. The fourth-order valence-electron chi connectivity index (χ4n) is 3.68. The van der Waals surface area contributed by atoms with Crippen molar-refractivity contribution in [3.63, 3.8) is 0 Å². The molecule has 29 heavy (non-hydrogen) atoms. The van der Waals surface area contributed by atoms with Crippen molar-refractivity contribution in [3.05, 3.63) is 0 Å². The van der Waals surface area contributed by atoms with Crippen molar-refractivity contribution in [3.8, 4) is 0 Å². The van der Waals surface area contributed by atoms with Gasteiger partial charge in [0.15, 0.2) is 0 Å².